The monoisotopic (exact) mass is 345 g/mol. The van der Waals surface area contributed by atoms with Crippen LogP contribution in [0.2, 0.25) is 0 Å². The van der Waals surface area contributed by atoms with Gasteiger partial charge in [-0.25, -0.2) is 8.42 Å². The minimum atomic E-state index is -3.53. The molecular weight excluding hydrogens is 322 g/mol. The number of fused-ring (bicyclic) bond motifs is 1. The first-order valence-corrected chi connectivity index (χ1v) is 9.50. The molecule has 0 atom stereocenters. The van der Waals surface area contributed by atoms with Gasteiger partial charge >= 0.3 is 0 Å². The molecule has 1 aliphatic rings. The van der Waals surface area contributed by atoms with Gasteiger partial charge in [-0.1, -0.05) is 30.3 Å². The summed E-state index contributed by atoms with van der Waals surface area (Å²) in [6.07, 6.45) is 0. The van der Waals surface area contributed by atoms with Crippen molar-refractivity contribution in [2.24, 2.45) is 0 Å². The van der Waals surface area contributed by atoms with Crippen LogP contribution in [0.25, 0.3) is 0 Å². The molecule has 5 nitrogen and oxygen atoms in total. The molecule has 1 heterocycles. The quantitative estimate of drug-likeness (QED) is 0.834. The summed E-state index contributed by atoms with van der Waals surface area (Å²) in [5, 5.41) is 0. The van der Waals surface area contributed by atoms with Crippen molar-refractivity contribution in [3.63, 3.8) is 0 Å². The maximum atomic E-state index is 13.0. The maximum absolute atomic E-state index is 13.0. The van der Waals surface area contributed by atoms with E-state index in [0.717, 1.165) is 24.5 Å². The van der Waals surface area contributed by atoms with Gasteiger partial charge in [-0.3, -0.25) is 4.31 Å². The van der Waals surface area contributed by atoms with Crippen molar-refractivity contribution in [2.45, 2.75) is 4.90 Å². The van der Waals surface area contributed by atoms with Crippen molar-refractivity contribution in [1.82, 2.24) is 4.90 Å². The third kappa shape index (κ3) is 3.25. The van der Waals surface area contributed by atoms with Crippen LogP contribution in [0, 0.1) is 0 Å². The van der Waals surface area contributed by atoms with E-state index >= 15 is 0 Å². The highest BCUT2D eigenvalue weighted by Crippen LogP contribution is 2.36. The Morgan fingerprint density at radius 3 is 2.21 bits per heavy atom. The molecule has 1 aliphatic heterocycles. The molecule has 0 unspecified atom stereocenters. The van der Waals surface area contributed by atoms with E-state index < -0.39 is 10.0 Å². The van der Waals surface area contributed by atoms with Crippen molar-refractivity contribution in [3.05, 3.63) is 54.6 Å². The van der Waals surface area contributed by atoms with E-state index in [1.54, 1.807) is 24.3 Å². The van der Waals surface area contributed by atoms with Crippen molar-refractivity contribution >= 4 is 21.4 Å². The van der Waals surface area contributed by atoms with Gasteiger partial charge in [0.25, 0.3) is 10.0 Å². The summed E-state index contributed by atoms with van der Waals surface area (Å²) in [6.45, 7) is 2.96. The molecule has 24 heavy (non-hydrogen) atoms. The molecule has 0 saturated carbocycles. The molecular formula is C18H23N3O2S. The predicted octanol–water partition coefficient (Wildman–Crippen LogP) is 2.26. The van der Waals surface area contributed by atoms with Gasteiger partial charge in [0.15, 0.2) is 0 Å². The van der Waals surface area contributed by atoms with Gasteiger partial charge in [-0.15, -0.1) is 0 Å². The molecule has 128 valence electrons. The summed E-state index contributed by atoms with van der Waals surface area (Å²) in [5.41, 5.74) is 1.73. The molecule has 0 saturated heterocycles. The van der Waals surface area contributed by atoms with E-state index in [-0.39, 0.29) is 0 Å². The molecule has 0 bridgehead atoms. The van der Waals surface area contributed by atoms with Crippen LogP contribution < -0.4 is 9.21 Å². The van der Waals surface area contributed by atoms with Gasteiger partial charge in [0.05, 0.1) is 22.8 Å². The second-order valence-corrected chi connectivity index (χ2v) is 8.03. The largest absolute Gasteiger partial charge is 0.367 e. The molecule has 0 aromatic heterocycles. The molecule has 2 aromatic carbocycles. The zero-order valence-corrected chi connectivity index (χ0v) is 14.9. The maximum Gasteiger partial charge on any atom is 0.264 e. The normalized spacial score (nSPS) is 14.8. The second kappa shape index (κ2) is 6.83. The summed E-state index contributed by atoms with van der Waals surface area (Å²) in [6, 6.07) is 16.4. The van der Waals surface area contributed by atoms with Crippen LogP contribution in [0.4, 0.5) is 11.4 Å². The van der Waals surface area contributed by atoms with Crippen LogP contribution in [0.3, 0.4) is 0 Å². The summed E-state index contributed by atoms with van der Waals surface area (Å²) in [4.78, 5) is 4.73. The second-order valence-electron chi connectivity index (χ2n) is 6.17. The van der Waals surface area contributed by atoms with Crippen LogP contribution in [0.5, 0.6) is 0 Å². The summed E-state index contributed by atoms with van der Waals surface area (Å²) in [7, 11) is 0.553. The highest BCUT2D eigenvalue weighted by Gasteiger charge is 2.31. The molecule has 0 fully saturated rings. The SMILES string of the molecule is CN(C)CCN1CCN(S(=O)(=O)c2ccccc2)c2ccccc21. The summed E-state index contributed by atoms with van der Waals surface area (Å²) in [5.74, 6) is 0. The van der Waals surface area contributed by atoms with Crippen molar-refractivity contribution in [3.8, 4) is 0 Å². The Morgan fingerprint density at radius 2 is 1.54 bits per heavy atom. The number of benzene rings is 2. The van der Waals surface area contributed by atoms with Crippen LogP contribution >= 0.6 is 0 Å². The minimum absolute atomic E-state index is 0.335. The van der Waals surface area contributed by atoms with Gasteiger partial charge in [-0.2, -0.15) is 0 Å². The Balaban J connectivity index is 1.95. The van der Waals surface area contributed by atoms with Gasteiger partial charge < -0.3 is 9.80 Å². The Kier molecular flexibility index (Phi) is 4.78. The Bertz CT molecular complexity index is 791. The first-order valence-electron chi connectivity index (χ1n) is 8.06. The molecule has 0 N–H and O–H groups in total. The average molecular weight is 345 g/mol. The molecule has 3 rings (SSSR count). The zero-order chi connectivity index (χ0) is 17.2. The topological polar surface area (TPSA) is 43.9 Å². The lowest BCUT2D eigenvalue weighted by Crippen LogP contribution is -2.45. The Labute approximate surface area is 144 Å². The van der Waals surface area contributed by atoms with E-state index in [0.29, 0.717) is 18.0 Å². The number of hydrogen-bond donors (Lipinski definition) is 0. The number of para-hydroxylation sites is 2. The van der Waals surface area contributed by atoms with E-state index in [2.05, 4.69) is 9.80 Å². The van der Waals surface area contributed by atoms with Crippen molar-refractivity contribution in [2.75, 3.05) is 49.5 Å². The Morgan fingerprint density at radius 1 is 0.917 bits per heavy atom. The van der Waals surface area contributed by atoms with Crippen LogP contribution in [-0.4, -0.2) is 53.6 Å². The highest BCUT2D eigenvalue weighted by molar-refractivity contribution is 7.92. The van der Waals surface area contributed by atoms with Gasteiger partial charge in [0, 0.05) is 19.6 Å². The van der Waals surface area contributed by atoms with Gasteiger partial charge in [-0.05, 0) is 38.4 Å². The van der Waals surface area contributed by atoms with E-state index in [4.69, 9.17) is 0 Å². The summed E-state index contributed by atoms with van der Waals surface area (Å²) < 4.78 is 27.6. The lowest BCUT2D eigenvalue weighted by molar-refractivity contribution is 0.413. The predicted molar refractivity (Wildman–Crippen MR) is 98.2 cm³/mol. The molecule has 0 spiro atoms. The molecule has 0 radical (unpaired) electrons. The first kappa shape index (κ1) is 16.8. The van der Waals surface area contributed by atoms with Crippen molar-refractivity contribution in [1.29, 1.82) is 0 Å². The fourth-order valence-electron chi connectivity index (χ4n) is 2.92. The van der Waals surface area contributed by atoms with E-state index in [1.165, 1.54) is 4.31 Å². The smallest absolute Gasteiger partial charge is 0.264 e. The minimum Gasteiger partial charge on any atom is -0.367 e. The average Bonchev–Trinajstić information content (AvgIpc) is 2.60. The van der Waals surface area contributed by atoms with Crippen LogP contribution in [0.1, 0.15) is 0 Å². The standard InChI is InChI=1S/C18H23N3O2S/c1-19(2)12-13-20-14-15-21(18-11-7-6-10-17(18)20)24(22,23)16-8-4-3-5-9-16/h3-11H,12-15H2,1-2H3. The molecule has 6 heteroatoms. The fourth-order valence-corrected chi connectivity index (χ4v) is 4.41. The number of hydrogen-bond acceptors (Lipinski definition) is 4. The lowest BCUT2D eigenvalue weighted by Gasteiger charge is -2.38. The van der Waals surface area contributed by atoms with E-state index in [9.17, 15) is 8.42 Å². The third-order valence-electron chi connectivity index (χ3n) is 4.21. The Hall–Kier alpha value is -2.05. The molecule has 2 aromatic rings. The fraction of sp³-hybridized carbons (Fsp3) is 0.333. The molecule has 0 aliphatic carbocycles. The third-order valence-corrected chi connectivity index (χ3v) is 6.04. The highest BCUT2D eigenvalue weighted by atomic mass is 32.2. The number of rotatable bonds is 5. The number of anilines is 2. The van der Waals surface area contributed by atoms with Crippen LogP contribution in [-0.2, 0) is 10.0 Å². The number of likely N-dealkylation sites (N-methyl/N-ethyl adjacent to an activating group) is 1. The number of sulfonamides is 1. The van der Waals surface area contributed by atoms with Crippen molar-refractivity contribution < 1.29 is 8.42 Å². The zero-order valence-electron chi connectivity index (χ0n) is 14.1. The van der Waals surface area contributed by atoms with Crippen LogP contribution in [0.15, 0.2) is 59.5 Å². The summed E-state index contributed by atoms with van der Waals surface area (Å²) >= 11 is 0. The lowest BCUT2D eigenvalue weighted by atomic mass is 10.2. The number of nitrogens with zero attached hydrogens (tertiary/aromatic N) is 3. The van der Waals surface area contributed by atoms with E-state index in [1.807, 2.05) is 44.4 Å². The van der Waals surface area contributed by atoms with Gasteiger partial charge in [0.2, 0.25) is 0 Å². The molecule has 0 amide bonds. The van der Waals surface area contributed by atoms with Gasteiger partial charge in [0.1, 0.15) is 0 Å². The first-order chi connectivity index (χ1) is 11.5.